The molecule has 0 aliphatic rings. The van der Waals surface area contributed by atoms with Gasteiger partial charge in [0.2, 0.25) is 0 Å². The van der Waals surface area contributed by atoms with Crippen molar-refractivity contribution in [2.45, 2.75) is 13.8 Å². The molecule has 0 bridgehead atoms. The average Bonchev–Trinajstić information content (AvgIpc) is 2.86. The highest BCUT2D eigenvalue weighted by atomic mass is 15.3. The van der Waals surface area contributed by atoms with Crippen LogP contribution in [0.4, 0.5) is 0 Å². The van der Waals surface area contributed by atoms with Crippen LogP contribution >= 0.6 is 0 Å². The van der Waals surface area contributed by atoms with Crippen LogP contribution in [0.2, 0.25) is 0 Å². The normalized spacial score (nSPS) is 11.0. The number of aromatic nitrogens is 2. The maximum atomic E-state index is 4.50. The monoisotopic (exact) mass is 316 g/mol. The minimum atomic E-state index is 0.853. The van der Waals surface area contributed by atoms with Crippen LogP contribution in [0.3, 0.4) is 0 Å². The van der Waals surface area contributed by atoms with Gasteiger partial charge in [0, 0.05) is 29.4 Å². The molecule has 0 spiro atoms. The molecule has 3 aromatic rings. The third-order valence-electron chi connectivity index (χ3n) is 4.00. The number of nitrogens with zero attached hydrogens (tertiary/aromatic N) is 4. The largest absolute Gasteiger partial charge is 0.272 e. The summed E-state index contributed by atoms with van der Waals surface area (Å²) in [7, 11) is 1.93. The summed E-state index contributed by atoms with van der Waals surface area (Å²) in [5.41, 5.74) is 5.98. The SMILES string of the molecule is Cc1nn(C)c(C)c1/C=N\N=C(c1ccccc1)c1ccccc1. The Morgan fingerprint density at radius 1 is 0.917 bits per heavy atom. The van der Waals surface area contributed by atoms with Gasteiger partial charge in [-0.2, -0.15) is 10.2 Å². The lowest BCUT2D eigenvalue weighted by Gasteiger charge is -2.05. The van der Waals surface area contributed by atoms with Crippen LogP contribution in [0.15, 0.2) is 70.9 Å². The van der Waals surface area contributed by atoms with Crippen molar-refractivity contribution < 1.29 is 0 Å². The zero-order valence-electron chi connectivity index (χ0n) is 14.1. The van der Waals surface area contributed by atoms with Gasteiger partial charge < -0.3 is 0 Å². The number of rotatable bonds is 4. The summed E-state index contributed by atoms with van der Waals surface area (Å²) < 4.78 is 1.86. The molecule has 1 aromatic heterocycles. The van der Waals surface area contributed by atoms with Gasteiger partial charge in [-0.15, -0.1) is 5.10 Å². The van der Waals surface area contributed by atoms with E-state index in [2.05, 4.69) is 15.3 Å². The predicted molar refractivity (Wildman–Crippen MR) is 98.8 cm³/mol. The van der Waals surface area contributed by atoms with E-state index in [1.807, 2.05) is 86.2 Å². The van der Waals surface area contributed by atoms with Crippen LogP contribution in [0.1, 0.15) is 28.1 Å². The number of aryl methyl sites for hydroxylation is 2. The lowest BCUT2D eigenvalue weighted by molar-refractivity contribution is 0.731. The van der Waals surface area contributed by atoms with Crippen LogP contribution in [0.25, 0.3) is 0 Å². The standard InChI is InChI=1S/C20H20N4/c1-15-19(16(2)24(3)23-15)14-21-22-20(17-10-6-4-7-11-17)18-12-8-5-9-13-18/h4-14H,1-3H3/b21-14-. The molecule has 0 fully saturated rings. The van der Waals surface area contributed by atoms with Crippen molar-refractivity contribution in [3.05, 3.63) is 88.7 Å². The molecule has 0 N–H and O–H groups in total. The van der Waals surface area contributed by atoms with Crippen LogP contribution in [-0.4, -0.2) is 21.7 Å². The fraction of sp³-hybridized carbons (Fsp3) is 0.150. The topological polar surface area (TPSA) is 42.5 Å². The van der Waals surface area contributed by atoms with Crippen LogP contribution in [-0.2, 0) is 7.05 Å². The highest BCUT2D eigenvalue weighted by Crippen LogP contribution is 2.12. The fourth-order valence-electron chi connectivity index (χ4n) is 2.60. The Labute approximate surface area is 142 Å². The minimum Gasteiger partial charge on any atom is -0.272 e. The Hall–Kier alpha value is -3.01. The lowest BCUT2D eigenvalue weighted by atomic mass is 10.0. The Bertz CT molecular complexity index is 833. The summed E-state index contributed by atoms with van der Waals surface area (Å²) in [6.07, 6.45) is 1.78. The third-order valence-corrected chi connectivity index (χ3v) is 4.00. The van der Waals surface area contributed by atoms with Gasteiger partial charge in [0.25, 0.3) is 0 Å². The molecular weight excluding hydrogens is 296 g/mol. The number of hydrogen-bond donors (Lipinski definition) is 0. The van der Waals surface area contributed by atoms with E-state index in [0.717, 1.165) is 33.8 Å². The van der Waals surface area contributed by atoms with E-state index in [1.54, 1.807) is 6.21 Å². The van der Waals surface area contributed by atoms with Crippen molar-refractivity contribution in [2.24, 2.45) is 17.3 Å². The second kappa shape index (κ2) is 7.04. The zero-order chi connectivity index (χ0) is 16.9. The van der Waals surface area contributed by atoms with Crippen molar-refractivity contribution in [3.63, 3.8) is 0 Å². The van der Waals surface area contributed by atoms with Crippen molar-refractivity contribution in [2.75, 3.05) is 0 Å². The number of hydrogen-bond acceptors (Lipinski definition) is 3. The maximum Gasteiger partial charge on any atom is 0.100 e. The molecule has 4 heteroatoms. The van der Waals surface area contributed by atoms with E-state index in [-0.39, 0.29) is 0 Å². The summed E-state index contributed by atoms with van der Waals surface area (Å²) >= 11 is 0. The molecule has 1 heterocycles. The minimum absolute atomic E-state index is 0.853. The molecule has 2 aromatic carbocycles. The Kier molecular flexibility index (Phi) is 4.66. The summed E-state index contributed by atoms with van der Waals surface area (Å²) in [5.74, 6) is 0. The Morgan fingerprint density at radius 2 is 1.46 bits per heavy atom. The first-order chi connectivity index (χ1) is 11.7. The third kappa shape index (κ3) is 3.33. The van der Waals surface area contributed by atoms with Gasteiger partial charge in [-0.05, 0) is 13.8 Å². The summed E-state index contributed by atoms with van der Waals surface area (Å²) in [6.45, 7) is 4.01. The van der Waals surface area contributed by atoms with Gasteiger partial charge in [0.05, 0.1) is 11.9 Å². The summed E-state index contributed by atoms with van der Waals surface area (Å²) in [5, 5.41) is 13.2. The Balaban J connectivity index is 2.00. The van der Waals surface area contributed by atoms with E-state index in [0.29, 0.717) is 0 Å². The van der Waals surface area contributed by atoms with E-state index in [4.69, 9.17) is 0 Å². The van der Waals surface area contributed by atoms with E-state index < -0.39 is 0 Å². The molecule has 120 valence electrons. The van der Waals surface area contributed by atoms with Crippen molar-refractivity contribution in [1.82, 2.24) is 9.78 Å². The van der Waals surface area contributed by atoms with Gasteiger partial charge in [-0.1, -0.05) is 60.7 Å². The van der Waals surface area contributed by atoms with Crippen molar-refractivity contribution in [1.29, 1.82) is 0 Å². The van der Waals surface area contributed by atoms with Crippen LogP contribution < -0.4 is 0 Å². The first-order valence-electron chi connectivity index (χ1n) is 7.89. The van der Waals surface area contributed by atoms with Crippen LogP contribution in [0.5, 0.6) is 0 Å². The molecule has 0 radical (unpaired) electrons. The van der Waals surface area contributed by atoms with E-state index in [1.165, 1.54) is 0 Å². The molecule has 0 saturated heterocycles. The van der Waals surface area contributed by atoms with Gasteiger partial charge in [-0.25, -0.2) is 0 Å². The lowest BCUT2D eigenvalue weighted by Crippen LogP contribution is -2.02. The molecular formula is C20H20N4. The second-order valence-corrected chi connectivity index (χ2v) is 5.63. The highest BCUT2D eigenvalue weighted by Gasteiger charge is 2.08. The van der Waals surface area contributed by atoms with Gasteiger partial charge in [-0.3, -0.25) is 4.68 Å². The molecule has 3 rings (SSSR count). The van der Waals surface area contributed by atoms with Crippen molar-refractivity contribution >= 4 is 11.9 Å². The molecule has 0 saturated carbocycles. The molecule has 0 atom stereocenters. The van der Waals surface area contributed by atoms with Crippen molar-refractivity contribution in [3.8, 4) is 0 Å². The van der Waals surface area contributed by atoms with Gasteiger partial charge >= 0.3 is 0 Å². The second-order valence-electron chi connectivity index (χ2n) is 5.63. The molecule has 0 aliphatic heterocycles. The highest BCUT2D eigenvalue weighted by molar-refractivity contribution is 6.12. The summed E-state index contributed by atoms with van der Waals surface area (Å²) in [4.78, 5) is 0. The first-order valence-corrected chi connectivity index (χ1v) is 7.89. The predicted octanol–water partition coefficient (Wildman–Crippen LogP) is 3.91. The number of benzene rings is 2. The fourth-order valence-corrected chi connectivity index (χ4v) is 2.60. The first kappa shape index (κ1) is 15.9. The molecule has 0 amide bonds. The van der Waals surface area contributed by atoms with E-state index in [9.17, 15) is 0 Å². The zero-order valence-corrected chi connectivity index (χ0v) is 14.1. The molecule has 0 aliphatic carbocycles. The quantitative estimate of drug-likeness (QED) is 0.531. The maximum absolute atomic E-state index is 4.50. The smallest absolute Gasteiger partial charge is 0.100 e. The molecule has 24 heavy (non-hydrogen) atoms. The van der Waals surface area contributed by atoms with Crippen LogP contribution in [0, 0.1) is 13.8 Å². The molecule has 4 nitrogen and oxygen atoms in total. The Morgan fingerprint density at radius 3 is 1.92 bits per heavy atom. The average molecular weight is 316 g/mol. The van der Waals surface area contributed by atoms with Gasteiger partial charge in [0.1, 0.15) is 5.71 Å². The van der Waals surface area contributed by atoms with E-state index >= 15 is 0 Å². The van der Waals surface area contributed by atoms with Gasteiger partial charge in [0.15, 0.2) is 0 Å². The summed E-state index contributed by atoms with van der Waals surface area (Å²) in [6, 6.07) is 20.2. The molecule has 0 unspecified atom stereocenters.